The summed E-state index contributed by atoms with van der Waals surface area (Å²) in [6.45, 7) is 4.00. The van der Waals surface area contributed by atoms with Gasteiger partial charge in [-0.15, -0.1) is 0 Å². The lowest BCUT2D eigenvalue weighted by atomic mass is 9.97. The summed E-state index contributed by atoms with van der Waals surface area (Å²) in [5.41, 5.74) is 26.8. The van der Waals surface area contributed by atoms with Crippen LogP contribution in [-0.4, -0.2) is 9.13 Å². The number of furan rings is 3. The van der Waals surface area contributed by atoms with Crippen LogP contribution in [0.15, 0.2) is 280 Å². The lowest BCUT2D eigenvalue weighted by Crippen LogP contribution is -1.98. The highest BCUT2D eigenvalue weighted by Gasteiger charge is 2.22. The number of aromatic nitrogens is 2. The molecule has 0 aliphatic heterocycles. The van der Waals surface area contributed by atoms with E-state index >= 15 is 0 Å². The van der Waals surface area contributed by atoms with E-state index in [0.29, 0.717) is 0 Å². The number of fused-ring (bicyclic) bond motifs is 18. The summed E-state index contributed by atoms with van der Waals surface area (Å²) < 4.78 is 23.8. The number of nitrogens with zero attached hydrogens (tertiary/aromatic N) is 2. The van der Waals surface area contributed by atoms with Crippen molar-refractivity contribution in [2.24, 2.45) is 0 Å². The van der Waals surface area contributed by atoms with Gasteiger partial charge in [0, 0.05) is 65.2 Å². The van der Waals surface area contributed by atoms with Crippen LogP contribution in [0.1, 0.15) is 25.0 Å². The molecule has 0 spiro atoms. The molecule has 5 heteroatoms. The topological polar surface area (TPSA) is 49.3 Å². The summed E-state index contributed by atoms with van der Waals surface area (Å²) in [4.78, 5) is 0. The summed E-state index contributed by atoms with van der Waals surface area (Å²) in [6.07, 6.45) is 0.972. The predicted octanol–water partition coefficient (Wildman–Crippen LogP) is 22.8. The first kappa shape index (κ1) is 48.4. The van der Waals surface area contributed by atoms with Crippen LogP contribution in [0.3, 0.4) is 0 Å². The fourth-order valence-electron chi connectivity index (χ4n) is 14.1. The van der Waals surface area contributed by atoms with Crippen LogP contribution in [-0.2, 0) is 6.42 Å². The Kier molecular flexibility index (Phi) is 10.5. The Bertz CT molecular complexity index is 5690. The largest absolute Gasteiger partial charge is 0.456 e. The Labute approximate surface area is 494 Å². The monoisotopic (exact) mass is 1100 g/mol. The second kappa shape index (κ2) is 18.7. The second-order valence-corrected chi connectivity index (χ2v) is 22.8. The first-order chi connectivity index (χ1) is 42.6. The molecule has 0 atom stereocenters. The van der Waals surface area contributed by atoms with Gasteiger partial charge < -0.3 is 22.4 Å². The van der Waals surface area contributed by atoms with Crippen LogP contribution >= 0.6 is 0 Å². The molecule has 0 N–H and O–H groups in total. The second-order valence-electron chi connectivity index (χ2n) is 22.8. The predicted molar refractivity (Wildman–Crippen MR) is 358 cm³/mol. The molecule has 0 saturated carbocycles. The van der Waals surface area contributed by atoms with Crippen LogP contribution in [0.25, 0.3) is 176 Å². The minimum absolute atomic E-state index is 0.889. The number of benzene rings is 13. The molecule has 0 amide bonds. The van der Waals surface area contributed by atoms with Gasteiger partial charge in [0.2, 0.25) is 0 Å². The van der Waals surface area contributed by atoms with Gasteiger partial charge in [0.05, 0.1) is 22.1 Å². The number of hydrogen-bond donors (Lipinski definition) is 0. The molecule has 0 radical (unpaired) electrons. The molecular weight excluding hydrogens is 1050 g/mol. The van der Waals surface area contributed by atoms with E-state index in [9.17, 15) is 0 Å². The van der Waals surface area contributed by atoms with Gasteiger partial charge in [-0.25, -0.2) is 0 Å². The van der Waals surface area contributed by atoms with Crippen molar-refractivity contribution < 1.29 is 13.3 Å². The average Bonchev–Trinajstić information content (AvgIpc) is 2.26. The highest BCUT2D eigenvalue weighted by molar-refractivity contribution is 6.15. The van der Waals surface area contributed by atoms with E-state index in [1.807, 2.05) is 50.2 Å². The lowest BCUT2D eigenvalue weighted by molar-refractivity contribution is 0.668. The molecule has 19 rings (SSSR count). The zero-order valence-electron chi connectivity index (χ0n) is 47.2. The van der Waals surface area contributed by atoms with Crippen molar-refractivity contribution in [3.05, 3.63) is 278 Å². The van der Waals surface area contributed by atoms with Crippen molar-refractivity contribution in [3.8, 4) is 67.0 Å². The van der Waals surface area contributed by atoms with E-state index in [1.165, 1.54) is 54.9 Å². The van der Waals surface area contributed by atoms with Crippen molar-refractivity contribution in [2.45, 2.75) is 20.3 Å². The lowest BCUT2D eigenvalue weighted by Gasteiger charge is -2.13. The smallest absolute Gasteiger partial charge is 0.135 e. The number of para-hydroxylation sites is 3. The molecule has 0 bridgehead atoms. The minimum Gasteiger partial charge on any atom is -0.456 e. The summed E-state index contributed by atoms with van der Waals surface area (Å²) >= 11 is 0. The molecule has 0 saturated heterocycles. The van der Waals surface area contributed by atoms with Gasteiger partial charge in [-0.3, -0.25) is 0 Å². The van der Waals surface area contributed by atoms with Crippen molar-refractivity contribution in [1.82, 2.24) is 9.13 Å². The molecule has 13 aromatic carbocycles. The van der Waals surface area contributed by atoms with Crippen molar-refractivity contribution in [3.63, 3.8) is 0 Å². The van der Waals surface area contributed by atoms with Crippen molar-refractivity contribution in [2.75, 3.05) is 0 Å². The third-order valence-corrected chi connectivity index (χ3v) is 18.1. The van der Waals surface area contributed by atoms with Gasteiger partial charge >= 0.3 is 0 Å². The zero-order valence-corrected chi connectivity index (χ0v) is 47.2. The quantitative estimate of drug-likeness (QED) is 0.167. The molecular formula is C81H52N2O3. The van der Waals surface area contributed by atoms with E-state index in [4.69, 9.17) is 13.3 Å². The minimum atomic E-state index is 0.889. The first-order valence-electron chi connectivity index (χ1n) is 29.8. The fraction of sp³-hybridized carbons (Fsp3) is 0.0370. The van der Waals surface area contributed by atoms with Gasteiger partial charge in [-0.1, -0.05) is 153 Å². The molecule has 18 aromatic rings. The summed E-state index contributed by atoms with van der Waals surface area (Å²) in [6, 6.07) is 97.7. The molecule has 86 heavy (non-hydrogen) atoms. The van der Waals surface area contributed by atoms with Gasteiger partial charge in [0.25, 0.3) is 0 Å². The van der Waals surface area contributed by atoms with Gasteiger partial charge in [0.15, 0.2) is 0 Å². The third-order valence-electron chi connectivity index (χ3n) is 18.1. The molecule has 404 valence electrons. The van der Waals surface area contributed by atoms with E-state index in [0.717, 1.165) is 139 Å². The normalized spacial score (nSPS) is 12.3. The molecule has 5 aromatic heterocycles. The highest BCUT2D eigenvalue weighted by atomic mass is 16.3. The van der Waals surface area contributed by atoms with E-state index in [1.54, 1.807) is 0 Å². The molecule has 0 unspecified atom stereocenters. The Morgan fingerprint density at radius 1 is 0.233 bits per heavy atom. The van der Waals surface area contributed by atoms with Crippen LogP contribution in [0.5, 0.6) is 0 Å². The van der Waals surface area contributed by atoms with Crippen LogP contribution in [0.4, 0.5) is 0 Å². The van der Waals surface area contributed by atoms with Crippen molar-refractivity contribution in [1.29, 1.82) is 0 Å². The van der Waals surface area contributed by atoms with E-state index in [-0.39, 0.29) is 0 Å². The zero-order chi connectivity index (χ0) is 56.7. The fourth-order valence-corrected chi connectivity index (χ4v) is 14.1. The maximum atomic E-state index is 6.29. The van der Waals surface area contributed by atoms with Gasteiger partial charge in [-0.05, 0) is 201 Å². The van der Waals surface area contributed by atoms with Gasteiger partial charge in [-0.2, -0.15) is 0 Å². The van der Waals surface area contributed by atoms with Crippen LogP contribution < -0.4 is 0 Å². The Morgan fingerprint density at radius 3 is 0.965 bits per heavy atom. The Hall–Kier alpha value is -11.1. The molecule has 0 fully saturated rings. The van der Waals surface area contributed by atoms with E-state index < -0.39 is 0 Å². The Morgan fingerprint density at radius 2 is 0.547 bits per heavy atom. The van der Waals surface area contributed by atoms with Gasteiger partial charge in [0.1, 0.15) is 33.5 Å². The standard InChI is InChI=1S/C79H46N2O3.C2H6/c1-2-13-58-54(10-1)36-55-21-20-46(37-62(55)58)47-22-29-70-63(38-47)64-39-48(51-26-33-77-67(42-51)59-14-3-6-17-74(59)82-77)23-30-71(64)80(70)56-11-9-12-57(45-56)81-72-31-24-49(52-27-34-78-68(43-52)60-15-4-7-18-75(60)83-78)40-65(72)66-41-50(25-32-73(66)81)53-28-35-79-69(44-53)61-16-5-8-19-76(61)84-79;1-2/h1-35,37-45H,36H2;1-2H3. The summed E-state index contributed by atoms with van der Waals surface area (Å²) in [5, 5.41) is 11.5. The van der Waals surface area contributed by atoms with Crippen molar-refractivity contribution >= 4 is 109 Å². The van der Waals surface area contributed by atoms with Crippen LogP contribution in [0, 0.1) is 0 Å². The summed E-state index contributed by atoms with van der Waals surface area (Å²) in [7, 11) is 0. The highest BCUT2D eigenvalue weighted by Crippen LogP contribution is 2.45. The average molecular weight is 1100 g/mol. The first-order valence-corrected chi connectivity index (χ1v) is 29.8. The molecule has 5 nitrogen and oxygen atoms in total. The van der Waals surface area contributed by atoms with Crippen LogP contribution in [0.2, 0.25) is 0 Å². The number of rotatable bonds is 6. The molecule has 1 aliphatic carbocycles. The third kappa shape index (κ3) is 7.31. The molecule has 1 aliphatic rings. The Balaban J connectivity index is 0.00000277. The number of hydrogen-bond acceptors (Lipinski definition) is 3. The van der Waals surface area contributed by atoms with E-state index in [2.05, 4.69) is 240 Å². The SMILES string of the molecule is CC.c1cc(-n2c3ccc(-c4ccc5c(c4)-c4ccccc4C5)cc3c3cc(-c4ccc5oc6ccccc6c5c4)ccc32)cc(-n2c3ccc(-c4ccc5oc6ccccc6c5c4)cc3c3cc(-c4ccc5oc6ccccc6c5c4)ccc32)c1. The maximum Gasteiger partial charge on any atom is 0.135 e. The molecule has 5 heterocycles. The summed E-state index contributed by atoms with van der Waals surface area (Å²) in [5.74, 6) is 0. The maximum absolute atomic E-state index is 6.29.